The summed E-state index contributed by atoms with van der Waals surface area (Å²) in [6, 6.07) is 11.5. The van der Waals surface area contributed by atoms with Crippen LogP contribution in [0.15, 0.2) is 51.2 Å². The highest BCUT2D eigenvalue weighted by Crippen LogP contribution is 2.34. The molecule has 3 aromatic heterocycles. The molecule has 0 bridgehead atoms. The molecule has 4 aromatic rings. The number of hydrogen-bond donors (Lipinski definition) is 0. The van der Waals surface area contributed by atoms with Crippen molar-refractivity contribution in [3.05, 3.63) is 79.9 Å². The van der Waals surface area contributed by atoms with Gasteiger partial charge >= 0.3 is 5.69 Å². The summed E-state index contributed by atoms with van der Waals surface area (Å²) < 4.78 is 4.37. The standard InChI is InChI=1S/C25H21N7O2S/c1-15-6-7-18(17(10-15)12-27)21-11-19-23(35-21)24(33)32(25(34)31(19)9-5-8-26)20(14-28-3)22-16(2)13-29-30(22)4/h6-7,10-11,13-14H,3,5,9H2,1-2,4H3/b20-14+. The van der Waals surface area contributed by atoms with Gasteiger partial charge < -0.3 is 0 Å². The lowest BCUT2D eigenvalue weighted by Crippen LogP contribution is -2.39. The van der Waals surface area contributed by atoms with E-state index in [1.165, 1.54) is 22.1 Å². The van der Waals surface area contributed by atoms with Crippen molar-refractivity contribution < 1.29 is 0 Å². The maximum Gasteiger partial charge on any atom is 0.336 e. The van der Waals surface area contributed by atoms with Gasteiger partial charge in [-0.2, -0.15) is 15.6 Å². The second kappa shape index (κ2) is 9.37. The summed E-state index contributed by atoms with van der Waals surface area (Å²) in [6.07, 6.45) is 3.07. The van der Waals surface area contributed by atoms with Gasteiger partial charge in [0.05, 0.1) is 53.4 Å². The van der Waals surface area contributed by atoms with Crippen LogP contribution in [-0.4, -0.2) is 25.6 Å². The summed E-state index contributed by atoms with van der Waals surface area (Å²) in [5, 5.41) is 23.1. The van der Waals surface area contributed by atoms with E-state index in [-0.39, 0.29) is 18.7 Å². The fourth-order valence-electron chi connectivity index (χ4n) is 4.06. The highest BCUT2D eigenvalue weighted by Gasteiger charge is 2.23. The van der Waals surface area contributed by atoms with E-state index in [1.807, 2.05) is 26.0 Å². The Bertz CT molecular complexity index is 1700. The van der Waals surface area contributed by atoms with Crippen LogP contribution < -0.4 is 11.2 Å². The summed E-state index contributed by atoms with van der Waals surface area (Å²) in [6.45, 7) is 7.32. The van der Waals surface area contributed by atoms with E-state index in [0.717, 1.165) is 15.7 Å². The molecule has 0 radical (unpaired) electrons. The zero-order chi connectivity index (χ0) is 25.3. The lowest BCUT2D eigenvalue weighted by Gasteiger charge is -2.14. The third-order valence-corrected chi connectivity index (χ3v) is 6.80. The average molecular weight is 484 g/mol. The third kappa shape index (κ3) is 4.01. The summed E-state index contributed by atoms with van der Waals surface area (Å²) in [4.78, 5) is 32.0. The van der Waals surface area contributed by atoms with Crippen LogP contribution in [0.5, 0.6) is 0 Å². The van der Waals surface area contributed by atoms with Crippen molar-refractivity contribution in [1.29, 1.82) is 10.5 Å². The minimum atomic E-state index is -0.595. The van der Waals surface area contributed by atoms with E-state index in [0.29, 0.717) is 31.9 Å². The van der Waals surface area contributed by atoms with Crippen LogP contribution >= 0.6 is 11.3 Å². The van der Waals surface area contributed by atoms with Crippen molar-refractivity contribution in [3.8, 4) is 22.6 Å². The fraction of sp³-hybridized carbons (Fsp3) is 0.200. The van der Waals surface area contributed by atoms with Gasteiger partial charge in [-0.1, -0.05) is 12.1 Å². The van der Waals surface area contributed by atoms with Crippen LogP contribution in [-0.2, 0) is 13.6 Å². The highest BCUT2D eigenvalue weighted by molar-refractivity contribution is 7.22. The molecule has 0 saturated carbocycles. The molecule has 3 heterocycles. The predicted molar refractivity (Wildman–Crippen MR) is 136 cm³/mol. The molecule has 1 aromatic carbocycles. The summed E-state index contributed by atoms with van der Waals surface area (Å²) in [7, 11) is 1.71. The zero-order valence-electron chi connectivity index (χ0n) is 19.4. The van der Waals surface area contributed by atoms with E-state index in [2.05, 4.69) is 28.9 Å². The van der Waals surface area contributed by atoms with E-state index >= 15 is 0 Å². The van der Waals surface area contributed by atoms with Crippen molar-refractivity contribution in [3.63, 3.8) is 0 Å². The van der Waals surface area contributed by atoms with E-state index in [4.69, 9.17) is 0 Å². The number of nitriles is 2. The van der Waals surface area contributed by atoms with Gasteiger partial charge in [-0.25, -0.2) is 9.36 Å². The van der Waals surface area contributed by atoms with Crippen molar-refractivity contribution in [2.45, 2.75) is 26.8 Å². The molecule has 4 rings (SSSR count). The van der Waals surface area contributed by atoms with E-state index < -0.39 is 11.2 Å². The summed E-state index contributed by atoms with van der Waals surface area (Å²) in [5.74, 6) is 0. The highest BCUT2D eigenvalue weighted by atomic mass is 32.1. The lowest BCUT2D eigenvalue weighted by atomic mass is 10.0. The van der Waals surface area contributed by atoms with Gasteiger partial charge in [0.1, 0.15) is 4.70 Å². The van der Waals surface area contributed by atoms with Gasteiger partial charge in [0.25, 0.3) is 5.56 Å². The van der Waals surface area contributed by atoms with Gasteiger partial charge in [-0.15, -0.1) is 11.3 Å². The van der Waals surface area contributed by atoms with Crippen LogP contribution in [0.4, 0.5) is 0 Å². The van der Waals surface area contributed by atoms with Crippen LogP contribution in [0.2, 0.25) is 0 Å². The van der Waals surface area contributed by atoms with Crippen LogP contribution in [0.25, 0.3) is 26.4 Å². The predicted octanol–water partition coefficient (Wildman–Crippen LogP) is 3.57. The largest absolute Gasteiger partial charge is 0.336 e. The maximum absolute atomic E-state index is 13.8. The van der Waals surface area contributed by atoms with Gasteiger partial charge in [0, 0.05) is 24.0 Å². The Morgan fingerprint density at radius 1 is 1.26 bits per heavy atom. The molecule has 0 fully saturated rings. The second-order valence-corrected chi connectivity index (χ2v) is 9.02. The SMILES string of the molecule is C=N/C=C(\c1c(C)cnn1C)n1c(=O)c2sc(-c3ccc(C)cc3C#N)cc2n(CCC#N)c1=O. The first-order valence-corrected chi connectivity index (χ1v) is 11.5. The Morgan fingerprint density at radius 3 is 2.66 bits per heavy atom. The van der Waals surface area contributed by atoms with Crippen molar-refractivity contribution >= 4 is 34.0 Å². The molecular formula is C25H21N7O2S. The van der Waals surface area contributed by atoms with Crippen molar-refractivity contribution in [2.75, 3.05) is 0 Å². The topological polar surface area (TPSA) is 122 Å². The first kappa shape index (κ1) is 23.6. The monoisotopic (exact) mass is 483 g/mol. The molecule has 10 heteroatoms. The number of thiophene rings is 1. The second-order valence-electron chi connectivity index (χ2n) is 7.97. The number of aliphatic imine (C=N–C) groups is 1. The number of hydrogen-bond acceptors (Lipinski definition) is 7. The van der Waals surface area contributed by atoms with Gasteiger partial charge in [0.2, 0.25) is 0 Å². The van der Waals surface area contributed by atoms with Gasteiger partial charge in [0.15, 0.2) is 0 Å². The zero-order valence-corrected chi connectivity index (χ0v) is 20.3. The van der Waals surface area contributed by atoms with E-state index in [1.54, 1.807) is 30.1 Å². The minimum absolute atomic E-state index is 0.0792. The Balaban J connectivity index is 2.10. The Kier molecular flexibility index (Phi) is 6.32. The van der Waals surface area contributed by atoms with Crippen molar-refractivity contribution in [1.82, 2.24) is 18.9 Å². The molecule has 0 atom stereocenters. The number of aryl methyl sites for hydroxylation is 4. The fourth-order valence-corrected chi connectivity index (χ4v) is 5.19. The normalized spacial score (nSPS) is 11.4. The minimum Gasteiger partial charge on any atom is -0.291 e. The quantitative estimate of drug-likeness (QED) is 0.388. The lowest BCUT2D eigenvalue weighted by molar-refractivity contribution is 0.662. The Labute approximate surface area is 204 Å². The summed E-state index contributed by atoms with van der Waals surface area (Å²) in [5.41, 5.74) is 2.94. The molecule has 0 spiro atoms. The van der Waals surface area contributed by atoms with Gasteiger partial charge in [-0.05, 0) is 43.8 Å². The first-order chi connectivity index (χ1) is 16.8. The van der Waals surface area contributed by atoms with Crippen LogP contribution in [0.3, 0.4) is 0 Å². The van der Waals surface area contributed by atoms with Crippen molar-refractivity contribution in [2.24, 2.45) is 12.0 Å². The molecule has 0 unspecified atom stereocenters. The molecule has 0 N–H and O–H groups in total. The third-order valence-electron chi connectivity index (χ3n) is 5.65. The smallest absolute Gasteiger partial charge is 0.291 e. The van der Waals surface area contributed by atoms with Crippen LogP contribution in [0.1, 0.15) is 28.8 Å². The van der Waals surface area contributed by atoms with Gasteiger partial charge in [-0.3, -0.25) is 19.0 Å². The average Bonchev–Trinajstić information content (AvgIpc) is 3.42. The number of rotatable bonds is 6. The van der Waals surface area contributed by atoms with E-state index in [9.17, 15) is 20.1 Å². The molecule has 0 aliphatic rings. The summed E-state index contributed by atoms with van der Waals surface area (Å²) >= 11 is 1.20. The first-order valence-electron chi connectivity index (χ1n) is 10.6. The molecular weight excluding hydrogens is 462 g/mol. The van der Waals surface area contributed by atoms with Crippen LogP contribution in [0, 0.1) is 36.5 Å². The molecule has 0 saturated heterocycles. The molecule has 0 aliphatic carbocycles. The molecule has 0 amide bonds. The molecule has 0 aliphatic heterocycles. The Morgan fingerprint density at radius 2 is 2.03 bits per heavy atom. The maximum atomic E-state index is 13.8. The number of fused-ring (bicyclic) bond motifs is 1. The number of nitrogens with zero attached hydrogens (tertiary/aromatic N) is 7. The number of aromatic nitrogens is 4. The molecule has 9 nitrogen and oxygen atoms in total. The Hall–Kier alpha value is -4.54. The number of benzene rings is 1. The molecule has 35 heavy (non-hydrogen) atoms. The molecule has 174 valence electrons.